The second-order valence-corrected chi connectivity index (χ2v) is 3.86. The second kappa shape index (κ2) is 5.46. The molecule has 0 saturated heterocycles. The Balaban J connectivity index is 2.06. The first kappa shape index (κ1) is 12.3. The fourth-order valence-corrected chi connectivity index (χ4v) is 1.47. The van der Waals surface area contributed by atoms with Gasteiger partial charge in [0.05, 0.1) is 5.69 Å². The number of rotatable bonds is 4. The fraction of sp³-hybridized carbons (Fsp3) is 0.231. The van der Waals surface area contributed by atoms with Gasteiger partial charge in [-0.3, -0.25) is 4.79 Å². The van der Waals surface area contributed by atoms with Crippen LogP contribution < -0.4 is 5.32 Å². The zero-order chi connectivity index (χ0) is 13.0. The average molecular weight is 245 g/mol. The number of hydrogen-bond acceptors (Lipinski definition) is 3. The van der Waals surface area contributed by atoms with E-state index in [2.05, 4.69) is 10.4 Å². The Morgan fingerprint density at radius 3 is 2.67 bits per heavy atom. The van der Waals surface area contributed by atoms with E-state index in [4.69, 9.17) is 4.74 Å². The highest BCUT2D eigenvalue weighted by molar-refractivity contribution is 5.93. The highest BCUT2D eigenvalue weighted by atomic mass is 16.5. The van der Waals surface area contributed by atoms with Crippen molar-refractivity contribution in [2.24, 2.45) is 0 Å². The van der Waals surface area contributed by atoms with Crippen LogP contribution in [0.3, 0.4) is 0 Å². The molecule has 5 heteroatoms. The van der Waals surface area contributed by atoms with Crippen molar-refractivity contribution in [2.75, 3.05) is 12.4 Å². The van der Waals surface area contributed by atoms with Crippen molar-refractivity contribution in [2.45, 2.75) is 13.0 Å². The van der Waals surface area contributed by atoms with Crippen LogP contribution in [-0.2, 0) is 9.53 Å². The third-order valence-electron chi connectivity index (χ3n) is 2.63. The van der Waals surface area contributed by atoms with Crippen molar-refractivity contribution < 1.29 is 9.53 Å². The van der Waals surface area contributed by atoms with E-state index in [-0.39, 0.29) is 5.91 Å². The molecule has 1 heterocycles. The Hall–Kier alpha value is -2.14. The summed E-state index contributed by atoms with van der Waals surface area (Å²) in [7, 11) is 1.51. The summed E-state index contributed by atoms with van der Waals surface area (Å²) in [6.07, 6.45) is 3.12. The van der Waals surface area contributed by atoms with E-state index in [9.17, 15) is 4.79 Å². The number of nitrogens with zero attached hydrogens (tertiary/aromatic N) is 2. The molecule has 1 atom stereocenters. The molecule has 1 aromatic heterocycles. The predicted octanol–water partition coefficient (Wildman–Crippen LogP) is 1.85. The van der Waals surface area contributed by atoms with Crippen LogP contribution in [0.2, 0.25) is 0 Å². The summed E-state index contributed by atoms with van der Waals surface area (Å²) in [6, 6.07) is 9.30. The van der Waals surface area contributed by atoms with Crippen LogP contribution in [0.15, 0.2) is 42.7 Å². The van der Waals surface area contributed by atoms with Crippen LogP contribution in [0.5, 0.6) is 0 Å². The molecule has 0 radical (unpaired) electrons. The molecule has 0 aliphatic heterocycles. The highest BCUT2D eigenvalue weighted by Crippen LogP contribution is 2.12. The predicted molar refractivity (Wildman–Crippen MR) is 68.7 cm³/mol. The molecule has 5 nitrogen and oxygen atoms in total. The van der Waals surface area contributed by atoms with Gasteiger partial charge in [0.15, 0.2) is 0 Å². The van der Waals surface area contributed by atoms with Crippen molar-refractivity contribution in [3.63, 3.8) is 0 Å². The van der Waals surface area contributed by atoms with Gasteiger partial charge in [0, 0.05) is 25.2 Å². The first-order valence-electron chi connectivity index (χ1n) is 5.64. The number of carbonyl (C=O) groups excluding carboxylic acids is 1. The number of hydrogen-bond donors (Lipinski definition) is 1. The number of aromatic nitrogens is 2. The lowest BCUT2D eigenvalue weighted by Gasteiger charge is -2.10. The summed E-state index contributed by atoms with van der Waals surface area (Å²) in [6.45, 7) is 1.70. The van der Waals surface area contributed by atoms with Gasteiger partial charge in [-0.25, -0.2) is 4.68 Å². The molecule has 0 bridgehead atoms. The second-order valence-electron chi connectivity index (χ2n) is 3.86. The first-order valence-corrected chi connectivity index (χ1v) is 5.64. The topological polar surface area (TPSA) is 56.1 Å². The Bertz CT molecular complexity index is 506. The number of ether oxygens (including phenoxy) is 1. The SMILES string of the molecule is COC(C)C(=O)Nc1ccc(-n2cccn2)cc1. The largest absolute Gasteiger partial charge is 0.372 e. The van der Waals surface area contributed by atoms with Gasteiger partial charge in [-0.05, 0) is 37.3 Å². The van der Waals surface area contributed by atoms with Crippen LogP contribution in [0.25, 0.3) is 5.69 Å². The van der Waals surface area contributed by atoms with Crippen molar-refractivity contribution >= 4 is 11.6 Å². The van der Waals surface area contributed by atoms with E-state index in [0.717, 1.165) is 11.4 Å². The molecule has 1 amide bonds. The molecule has 1 unspecified atom stereocenters. The molecule has 0 aliphatic rings. The van der Waals surface area contributed by atoms with Crippen molar-refractivity contribution in [1.29, 1.82) is 0 Å². The number of benzene rings is 1. The quantitative estimate of drug-likeness (QED) is 0.894. The number of carbonyl (C=O) groups is 1. The smallest absolute Gasteiger partial charge is 0.253 e. The summed E-state index contributed by atoms with van der Waals surface area (Å²) < 4.78 is 6.69. The lowest BCUT2D eigenvalue weighted by atomic mass is 10.2. The van der Waals surface area contributed by atoms with Crippen LogP contribution in [0.4, 0.5) is 5.69 Å². The zero-order valence-corrected chi connectivity index (χ0v) is 10.3. The van der Waals surface area contributed by atoms with Gasteiger partial charge in [-0.1, -0.05) is 0 Å². The van der Waals surface area contributed by atoms with E-state index in [0.29, 0.717) is 0 Å². The monoisotopic (exact) mass is 245 g/mol. The molecule has 0 aliphatic carbocycles. The van der Waals surface area contributed by atoms with Crippen LogP contribution in [0, 0.1) is 0 Å². The minimum Gasteiger partial charge on any atom is -0.372 e. The highest BCUT2D eigenvalue weighted by Gasteiger charge is 2.11. The van der Waals surface area contributed by atoms with Crippen molar-refractivity contribution in [3.05, 3.63) is 42.7 Å². The normalized spacial score (nSPS) is 12.1. The minimum atomic E-state index is -0.462. The molecule has 0 spiro atoms. The summed E-state index contributed by atoms with van der Waals surface area (Å²) in [4.78, 5) is 11.6. The number of nitrogens with one attached hydrogen (secondary N) is 1. The Morgan fingerprint density at radius 2 is 2.11 bits per heavy atom. The molecule has 1 aromatic carbocycles. The summed E-state index contributed by atoms with van der Waals surface area (Å²) in [5, 5.41) is 6.90. The number of methoxy groups -OCH3 is 1. The average Bonchev–Trinajstić information content (AvgIpc) is 2.92. The van der Waals surface area contributed by atoms with Gasteiger partial charge in [0.25, 0.3) is 5.91 Å². The zero-order valence-electron chi connectivity index (χ0n) is 10.3. The maximum Gasteiger partial charge on any atom is 0.253 e. The number of anilines is 1. The van der Waals surface area contributed by atoms with Crippen LogP contribution >= 0.6 is 0 Å². The van der Waals surface area contributed by atoms with Gasteiger partial charge in [-0.2, -0.15) is 5.10 Å². The van der Waals surface area contributed by atoms with Crippen molar-refractivity contribution in [1.82, 2.24) is 9.78 Å². The van der Waals surface area contributed by atoms with Crippen LogP contribution in [-0.4, -0.2) is 28.9 Å². The Labute approximate surface area is 105 Å². The third kappa shape index (κ3) is 2.75. The molecule has 18 heavy (non-hydrogen) atoms. The van der Waals surface area contributed by atoms with E-state index in [1.807, 2.05) is 36.5 Å². The van der Waals surface area contributed by atoms with E-state index in [1.54, 1.807) is 17.8 Å². The molecule has 94 valence electrons. The van der Waals surface area contributed by atoms with Gasteiger partial charge in [0.1, 0.15) is 6.10 Å². The molecule has 0 saturated carbocycles. The molecule has 1 N–H and O–H groups in total. The van der Waals surface area contributed by atoms with Crippen LogP contribution in [0.1, 0.15) is 6.92 Å². The van der Waals surface area contributed by atoms with Crippen molar-refractivity contribution in [3.8, 4) is 5.69 Å². The third-order valence-corrected chi connectivity index (χ3v) is 2.63. The van der Waals surface area contributed by atoms with Gasteiger partial charge in [0.2, 0.25) is 0 Å². The van der Waals surface area contributed by atoms with E-state index in [1.165, 1.54) is 7.11 Å². The Kier molecular flexibility index (Phi) is 3.74. The molecule has 0 fully saturated rings. The Morgan fingerprint density at radius 1 is 1.39 bits per heavy atom. The molecular weight excluding hydrogens is 230 g/mol. The maximum atomic E-state index is 11.6. The number of amides is 1. The van der Waals surface area contributed by atoms with Gasteiger partial charge < -0.3 is 10.1 Å². The molecular formula is C13H15N3O2. The van der Waals surface area contributed by atoms with Gasteiger partial charge >= 0.3 is 0 Å². The summed E-state index contributed by atoms with van der Waals surface area (Å²) >= 11 is 0. The summed E-state index contributed by atoms with van der Waals surface area (Å²) in [5.74, 6) is -0.163. The lowest BCUT2D eigenvalue weighted by Crippen LogP contribution is -2.26. The maximum absolute atomic E-state index is 11.6. The van der Waals surface area contributed by atoms with Gasteiger partial charge in [-0.15, -0.1) is 0 Å². The van der Waals surface area contributed by atoms with E-state index >= 15 is 0 Å². The fourth-order valence-electron chi connectivity index (χ4n) is 1.47. The molecule has 2 rings (SSSR count). The summed E-state index contributed by atoms with van der Waals surface area (Å²) in [5.41, 5.74) is 1.68. The molecule has 2 aromatic rings. The van der Waals surface area contributed by atoms with E-state index < -0.39 is 6.10 Å². The lowest BCUT2D eigenvalue weighted by molar-refractivity contribution is -0.124. The first-order chi connectivity index (χ1) is 8.70. The minimum absolute atomic E-state index is 0.163. The standard InChI is InChI=1S/C13H15N3O2/c1-10(18-2)13(17)15-11-4-6-12(7-5-11)16-9-3-8-14-16/h3-10H,1-2H3,(H,15,17).